The van der Waals surface area contributed by atoms with Crippen LogP contribution in [0.15, 0.2) is 0 Å². The highest BCUT2D eigenvalue weighted by molar-refractivity contribution is 5.69. The zero-order valence-electron chi connectivity index (χ0n) is 8.86. The number of aliphatic hydroxyl groups excluding tert-OH is 1. The second-order valence-corrected chi connectivity index (χ2v) is 5.20. The Hall–Kier alpha value is -0.770. The first kappa shape index (κ1) is 9.77. The normalized spacial score (nSPS) is 35.4. The van der Waals surface area contributed by atoms with Crippen LogP contribution in [0.4, 0.5) is 4.79 Å². The van der Waals surface area contributed by atoms with E-state index in [-0.39, 0.29) is 12.2 Å². The molecule has 2 unspecified atom stereocenters. The third-order valence-electron chi connectivity index (χ3n) is 2.80. The van der Waals surface area contributed by atoms with E-state index in [1.165, 1.54) is 0 Å². The van der Waals surface area contributed by atoms with Crippen molar-refractivity contribution in [3.05, 3.63) is 0 Å². The number of aliphatic hydroxyl groups is 1. The quantitative estimate of drug-likeness (QED) is 0.629. The van der Waals surface area contributed by atoms with Crippen molar-refractivity contribution in [2.75, 3.05) is 13.1 Å². The maximum Gasteiger partial charge on any atom is 0.410 e. The molecule has 1 aliphatic carbocycles. The lowest BCUT2D eigenvalue weighted by molar-refractivity contribution is 0.0249. The fourth-order valence-electron chi connectivity index (χ4n) is 1.97. The first-order valence-electron chi connectivity index (χ1n) is 5.04. The Bertz CT molecular complexity index is 247. The van der Waals surface area contributed by atoms with E-state index in [2.05, 4.69) is 0 Å². The number of nitrogens with zero attached hydrogens (tertiary/aromatic N) is 1. The van der Waals surface area contributed by atoms with Gasteiger partial charge in [0.25, 0.3) is 0 Å². The minimum absolute atomic E-state index is 0.173. The highest BCUT2D eigenvalue weighted by Gasteiger charge is 2.56. The molecule has 1 aliphatic heterocycles. The summed E-state index contributed by atoms with van der Waals surface area (Å²) in [7, 11) is 0. The van der Waals surface area contributed by atoms with Gasteiger partial charge in [0.15, 0.2) is 0 Å². The van der Waals surface area contributed by atoms with E-state index in [0.717, 1.165) is 0 Å². The van der Waals surface area contributed by atoms with Crippen molar-refractivity contribution >= 4 is 6.09 Å². The number of rotatable bonds is 0. The molecule has 0 aromatic carbocycles. The van der Waals surface area contributed by atoms with E-state index >= 15 is 0 Å². The molecule has 1 N–H and O–H groups in total. The first-order chi connectivity index (χ1) is 6.38. The summed E-state index contributed by atoms with van der Waals surface area (Å²) < 4.78 is 5.23. The number of hydrogen-bond acceptors (Lipinski definition) is 3. The van der Waals surface area contributed by atoms with Gasteiger partial charge >= 0.3 is 6.09 Å². The molecule has 0 bridgehead atoms. The molecule has 2 rings (SSSR count). The lowest BCUT2D eigenvalue weighted by Gasteiger charge is -2.25. The van der Waals surface area contributed by atoms with Gasteiger partial charge in [-0.25, -0.2) is 4.79 Å². The molecule has 1 heterocycles. The Labute approximate surface area is 83.8 Å². The van der Waals surface area contributed by atoms with E-state index in [1.54, 1.807) is 4.90 Å². The molecule has 1 amide bonds. The molecule has 0 aromatic rings. The predicted octanol–water partition coefficient (Wildman–Crippen LogP) is 0.844. The number of ether oxygens (including phenoxy) is 1. The van der Waals surface area contributed by atoms with Crippen LogP contribution in [0.5, 0.6) is 0 Å². The summed E-state index contributed by atoms with van der Waals surface area (Å²) in [4.78, 5) is 13.2. The van der Waals surface area contributed by atoms with Gasteiger partial charge in [-0.1, -0.05) is 0 Å². The zero-order valence-corrected chi connectivity index (χ0v) is 8.86. The Balaban J connectivity index is 1.84. The van der Waals surface area contributed by atoms with Gasteiger partial charge in [0.05, 0.1) is 6.10 Å². The van der Waals surface area contributed by atoms with Crippen molar-refractivity contribution in [2.24, 2.45) is 11.8 Å². The Morgan fingerprint density at radius 3 is 2.29 bits per heavy atom. The summed E-state index contributed by atoms with van der Waals surface area (Å²) >= 11 is 0. The number of hydrogen-bond donors (Lipinski definition) is 1. The Morgan fingerprint density at radius 2 is 1.86 bits per heavy atom. The van der Waals surface area contributed by atoms with Crippen LogP contribution in [0.3, 0.4) is 0 Å². The van der Waals surface area contributed by atoms with E-state index in [0.29, 0.717) is 24.9 Å². The lowest BCUT2D eigenvalue weighted by atomic mass is 10.2. The number of carbonyl (C=O) groups excluding carboxylic acids is 1. The summed E-state index contributed by atoms with van der Waals surface area (Å²) in [5.74, 6) is 0.616. The molecule has 2 aliphatic rings. The van der Waals surface area contributed by atoms with Crippen LogP contribution < -0.4 is 0 Å². The number of piperidine rings is 1. The molecule has 14 heavy (non-hydrogen) atoms. The van der Waals surface area contributed by atoms with Gasteiger partial charge in [0.1, 0.15) is 5.60 Å². The van der Waals surface area contributed by atoms with Gasteiger partial charge < -0.3 is 14.7 Å². The summed E-state index contributed by atoms with van der Waals surface area (Å²) in [5, 5.41) is 9.30. The molecular formula is C10H17NO3. The van der Waals surface area contributed by atoms with Crippen LogP contribution in [-0.4, -0.2) is 40.9 Å². The largest absolute Gasteiger partial charge is 0.444 e. The average molecular weight is 199 g/mol. The van der Waals surface area contributed by atoms with E-state index in [9.17, 15) is 9.90 Å². The third-order valence-corrected chi connectivity index (χ3v) is 2.80. The Morgan fingerprint density at radius 1 is 1.36 bits per heavy atom. The highest BCUT2D eigenvalue weighted by Crippen LogP contribution is 2.45. The first-order valence-corrected chi connectivity index (χ1v) is 5.04. The number of likely N-dealkylation sites (tertiary alicyclic amines) is 1. The topological polar surface area (TPSA) is 49.8 Å². The number of carbonyl (C=O) groups is 1. The molecule has 0 spiro atoms. The monoisotopic (exact) mass is 199 g/mol. The van der Waals surface area contributed by atoms with Crippen molar-refractivity contribution in [1.29, 1.82) is 0 Å². The van der Waals surface area contributed by atoms with Crippen molar-refractivity contribution in [3.63, 3.8) is 0 Å². The molecule has 4 nitrogen and oxygen atoms in total. The van der Waals surface area contributed by atoms with Gasteiger partial charge in [-0.3, -0.25) is 0 Å². The molecule has 0 radical (unpaired) electrons. The van der Waals surface area contributed by atoms with Gasteiger partial charge in [-0.05, 0) is 20.8 Å². The highest BCUT2D eigenvalue weighted by atomic mass is 16.6. The smallest absolute Gasteiger partial charge is 0.410 e. The third kappa shape index (κ3) is 1.71. The molecule has 1 saturated carbocycles. The molecular weight excluding hydrogens is 182 g/mol. The molecule has 2 atom stereocenters. The van der Waals surface area contributed by atoms with Crippen LogP contribution in [0, 0.1) is 11.8 Å². The fraction of sp³-hybridized carbons (Fsp3) is 0.900. The zero-order chi connectivity index (χ0) is 10.5. The maximum atomic E-state index is 11.6. The summed E-state index contributed by atoms with van der Waals surface area (Å²) in [6, 6.07) is 0. The molecule has 0 aromatic heterocycles. The van der Waals surface area contributed by atoms with Gasteiger partial charge in [-0.15, -0.1) is 0 Å². The number of fused-ring (bicyclic) bond motifs is 1. The summed E-state index contributed by atoms with van der Waals surface area (Å²) in [6.45, 7) is 6.88. The standard InChI is InChI=1S/C10H17NO3/c1-10(2,3)14-9(13)11-4-6-7(5-11)8(6)12/h6-8,12H,4-5H2,1-3H3. The predicted molar refractivity (Wildman–Crippen MR) is 50.8 cm³/mol. The van der Waals surface area contributed by atoms with Crippen LogP contribution in [-0.2, 0) is 4.74 Å². The minimum Gasteiger partial charge on any atom is -0.444 e. The van der Waals surface area contributed by atoms with Crippen LogP contribution in [0.1, 0.15) is 20.8 Å². The van der Waals surface area contributed by atoms with E-state index in [1.807, 2.05) is 20.8 Å². The number of amides is 1. The van der Waals surface area contributed by atoms with Crippen molar-refractivity contribution in [1.82, 2.24) is 4.90 Å². The van der Waals surface area contributed by atoms with Crippen molar-refractivity contribution < 1.29 is 14.6 Å². The van der Waals surface area contributed by atoms with Crippen molar-refractivity contribution in [3.8, 4) is 0 Å². The molecule has 80 valence electrons. The Kier molecular flexibility index (Phi) is 2.00. The van der Waals surface area contributed by atoms with Crippen LogP contribution in [0.2, 0.25) is 0 Å². The average Bonchev–Trinajstić information content (AvgIpc) is 2.47. The minimum atomic E-state index is -0.428. The second kappa shape index (κ2) is 2.86. The van der Waals surface area contributed by atoms with E-state index < -0.39 is 5.60 Å². The maximum absolute atomic E-state index is 11.6. The summed E-state index contributed by atoms with van der Waals surface area (Å²) in [6.07, 6.45) is -0.425. The van der Waals surface area contributed by atoms with Gasteiger partial charge in [0.2, 0.25) is 0 Å². The fourth-order valence-corrected chi connectivity index (χ4v) is 1.97. The second-order valence-electron chi connectivity index (χ2n) is 5.20. The van der Waals surface area contributed by atoms with Crippen LogP contribution in [0.25, 0.3) is 0 Å². The SMILES string of the molecule is CC(C)(C)OC(=O)N1CC2C(O)C2C1. The van der Waals surface area contributed by atoms with Gasteiger partial charge in [0, 0.05) is 24.9 Å². The molecule has 2 fully saturated rings. The molecule has 1 saturated heterocycles. The van der Waals surface area contributed by atoms with Crippen molar-refractivity contribution in [2.45, 2.75) is 32.5 Å². The van der Waals surface area contributed by atoms with Crippen LogP contribution >= 0.6 is 0 Å². The molecule has 4 heteroatoms. The van der Waals surface area contributed by atoms with Gasteiger partial charge in [-0.2, -0.15) is 0 Å². The summed E-state index contributed by atoms with van der Waals surface area (Å²) in [5.41, 5.74) is -0.428. The lowest BCUT2D eigenvalue weighted by Crippen LogP contribution is -2.37. The van der Waals surface area contributed by atoms with E-state index in [4.69, 9.17) is 4.74 Å².